The van der Waals surface area contributed by atoms with Gasteiger partial charge in [-0.05, 0) is 59.9 Å². The zero-order chi connectivity index (χ0) is 30.0. The number of aromatic nitrogens is 2. The lowest BCUT2D eigenvalue weighted by Crippen LogP contribution is -2.29. The first kappa shape index (κ1) is 29.4. The lowest BCUT2D eigenvalue weighted by atomic mass is 9.87. The van der Waals surface area contributed by atoms with Gasteiger partial charge in [0.1, 0.15) is 5.82 Å². The first-order valence-corrected chi connectivity index (χ1v) is 16.6. The minimum Gasteiger partial charge on any atom is -0.493 e. The summed E-state index contributed by atoms with van der Waals surface area (Å²) in [5.41, 5.74) is 4.72. The van der Waals surface area contributed by atoms with Crippen molar-refractivity contribution in [1.29, 1.82) is 0 Å². The molecule has 43 heavy (non-hydrogen) atoms. The van der Waals surface area contributed by atoms with Crippen LogP contribution in [0.3, 0.4) is 0 Å². The second kappa shape index (κ2) is 12.5. The number of aliphatic hydroxyl groups is 1. The van der Waals surface area contributed by atoms with E-state index in [2.05, 4.69) is 41.1 Å². The van der Waals surface area contributed by atoms with Crippen LogP contribution in [0.15, 0.2) is 91.1 Å². The molecule has 3 aromatic carbocycles. The van der Waals surface area contributed by atoms with E-state index in [1.54, 1.807) is 30.3 Å². The van der Waals surface area contributed by atoms with E-state index in [0.717, 1.165) is 39.8 Å². The van der Waals surface area contributed by atoms with Crippen molar-refractivity contribution in [3.8, 4) is 16.9 Å². The summed E-state index contributed by atoms with van der Waals surface area (Å²) in [7, 11) is -3.93. The molecular formula is C33H32Cl2N4O3S. The molecule has 0 amide bonds. The quantitative estimate of drug-likeness (QED) is 0.204. The lowest BCUT2D eigenvalue weighted by Gasteiger charge is -2.19. The second-order valence-electron chi connectivity index (χ2n) is 11.0. The van der Waals surface area contributed by atoms with Crippen LogP contribution in [0.5, 0.6) is 0 Å². The van der Waals surface area contributed by atoms with Crippen molar-refractivity contribution in [1.82, 2.24) is 14.3 Å². The largest absolute Gasteiger partial charge is 0.493 e. The summed E-state index contributed by atoms with van der Waals surface area (Å²) >= 11 is 12.7. The summed E-state index contributed by atoms with van der Waals surface area (Å²) in [5.74, 6) is 1.12. The van der Waals surface area contributed by atoms with E-state index in [1.807, 2.05) is 22.9 Å². The number of halogens is 2. The van der Waals surface area contributed by atoms with Gasteiger partial charge < -0.3 is 9.67 Å². The van der Waals surface area contributed by atoms with Gasteiger partial charge in [-0.1, -0.05) is 97.8 Å². The van der Waals surface area contributed by atoms with Crippen molar-refractivity contribution in [2.24, 2.45) is 5.92 Å². The van der Waals surface area contributed by atoms with E-state index in [0.29, 0.717) is 33.5 Å². The highest BCUT2D eigenvalue weighted by atomic mass is 35.5. The van der Waals surface area contributed by atoms with E-state index in [1.165, 1.54) is 37.7 Å². The first-order chi connectivity index (χ1) is 20.7. The van der Waals surface area contributed by atoms with Gasteiger partial charge >= 0.3 is 10.2 Å². The molecule has 1 aliphatic carbocycles. The molecule has 1 saturated carbocycles. The molecule has 1 aromatic heterocycles. The Hall–Kier alpha value is -3.72. The van der Waals surface area contributed by atoms with Gasteiger partial charge in [0.15, 0.2) is 0 Å². The molecule has 0 unspecified atom stereocenters. The molecule has 0 atom stereocenters. The molecule has 1 fully saturated rings. The second-order valence-corrected chi connectivity index (χ2v) is 13.4. The highest BCUT2D eigenvalue weighted by Crippen LogP contribution is 2.33. The van der Waals surface area contributed by atoms with Crippen molar-refractivity contribution < 1.29 is 13.5 Å². The number of nitrogens with zero attached hydrogens (tertiary/aromatic N) is 3. The maximum absolute atomic E-state index is 12.5. The average Bonchev–Trinajstić information content (AvgIpc) is 3.53. The van der Waals surface area contributed by atoms with Crippen molar-refractivity contribution in [2.45, 2.75) is 44.9 Å². The van der Waals surface area contributed by atoms with Crippen LogP contribution < -0.4 is 9.03 Å². The summed E-state index contributed by atoms with van der Waals surface area (Å²) in [6.45, 7) is 0. The predicted octanol–water partition coefficient (Wildman–Crippen LogP) is 8.43. The third-order valence-corrected chi connectivity index (χ3v) is 9.78. The SMILES string of the molecule is O=S1(=O)NC(O)=CN1c1cccc(-n2cc(-c3ccc(Cl)cc3Cl)nc2Cc2ccc(C=CCC3CCCCC3)cc2)c1. The molecule has 0 bridgehead atoms. The zero-order valence-corrected chi connectivity index (χ0v) is 25.8. The Morgan fingerprint density at radius 2 is 1.74 bits per heavy atom. The fraction of sp³-hybridized carbons (Fsp3) is 0.242. The Balaban J connectivity index is 1.30. The van der Waals surface area contributed by atoms with E-state index in [9.17, 15) is 13.5 Å². The Morgan fingerprint density at radius 1 is 0.977 bits per heavy atom. The number of anilines is 1. The minimum atomic E-state index is -3.93. The van der Waals surface area contributed by atoms with Crippen LogP contribution in [0.2, 0.25) is 10.0 Å². The van der Waals surface area contributed by atoms with Crippen molar-refractivity contribution in [3.05, 3.63) is 118 Å². The summed E-state index contributed by atoms with van der Waals surface area (Å²) in [6.07, 6.45) is 16.0. The maximum atomic E-state index is 12.5. The molecule has 0 radical (unpaired) electrons. The first-order valence-electron chi connectivity index (χ1n) is 14.4. The Kier molecular flexibility index (Phi) is 8.52. The van der Waals surface area contributed by atoms with Gasteiger partial charge in [0.05, 0.1) is 22.6 Å². The molecule has 2 aliphatic rings. The molecule has 222 valence electrons. The number of hydrogen-bond donors (Lipinski definition) is 2. The zero-order valence-electron chi connectivity index (χ0n) is 23.5. The summed E-state index contributed by atoms with van der Waals surface area (Å²) in [4.78, 5) is 4.96. The maximum Gasteiger partial charge on any atom is 0.330 e. The fourth-order valence-electron chi connectivity index (χ4n) is 5.72. The number of benzene rings is 3. The molecule has 0 spiro atoms. The van der Waals surface area contributed by atoms with Crippen LogP contribution >= 0.6 is 23.2 Å². The van der Waals surface area contributed by atoms with E-state index in [4.69, 9.17) is 28.2 Å². The Labute approximate surface area is 262 Å². The molecule has 10 heteroatoms. The number of rotatable bonds is 8. The van der Waals surface area contributed by atoms with E-state index < -0.39 is 16.1 Å². The number of hydrogen-bond acceptors (Lipinski definition) is 4. The van der Waals surface area contributed by atoms with Crippen LogP contribution in [0.1, 0.15) is 55.5 Å². The highest BCUT2D eigenvalue weighted by Gasteiger charge is 2.29. The summed E-state index contributed by atoms with van der Waals surface area (Å²) in [6, 6.07) is 20.8. The highest BCUT2D eigenvalue weighted by molar-refractivity contribution is 7.91. The Morgan fingerprint density at radius 3 is 2.47 bits per heavy atom. The molecule has 6 rings (SSSR count). The van der Waals surface area contributed by atoms with Crippen LogP contribution in [-0.2, 0) is 16.6 Å². The topological polar surface area (TPSA) is 87.5 Å². The lowest BCUT2D eigenvalue weighted by molar-refractivity contribution is 0.362. The molecule has 2 N–H and O–H groups in total. The molecule has 1 aliphatic heterocycles. The molecule has 0 saturated heterocycles. The molecule has 4 aromatic rings. The predicted molar refractivity (Wildman–Crippen MR) is 174 cm³/mol. The smallest absolute Gasteiger partial charge is 0.330 e. The van der Waals surface area contributed by atoms with Gasteiger partial charge in [-0.25, -0.2) is 14.0 Å². The van der Waals surface area contributed by atoms with Crippen LogP contribution in [0.25, 0.3) is 23.0 Å². The Bertz CT molecular complexity index is 1790. The van der Waals surface area contributed by atoms with Gasteiger partial charge in [0, 0.05) is 28.9 Å². The molecule has 2 heterocycles. The molecular weight excluding hydrogens is 603 g/mol. The van der Waals surface area contributed by atoms with Gasteiger partial charge in [0.2, 0.25) is 5.88 Å². The van der Waals surface area contributed by atoms with Gasteiger partial charge in [-0.2, -0.15) is 8.42 Å². The number of aliphatic hydroxyl groups excluding tert-OH is 1. The summed E-state index contributed by atoms with van der Waals surface area (Å²) in [5, 5.41) is 10.8. The summed E-state index contributed by atoms with van der Waals surface area (Å²) < 4.78 is 30.0. The number of imidazole rings is 1. The van der Waals surface area contributed by atoms with Gasteiger partial charge in [0.25, 0.3) is 0 Å². The third kappa shape index (κ3) is 6.77. The molecule has 7 nitrogen and oxygen atoms in total. The van der Waals surface area contributed by atoms with Crippen LogP contribution in [0, 0.1) is 5.92 Å². The fourth-order valence-corrected chi connectivity index (χ4v) is 7.27. The monoisotopic (exact) mass is 634 g/mol. The van der Waals surface area contributed by atoms with Crippen LogP contribution in [0.4, 0.5) is 5.69 Å². The van der Waals surface area contributed by atoms with Gasteiger partial charge in [-0.15, -0.1) is 0 Å². The van der Waals surface area contributed by atoms with Crippen molar-refractivity contribution in [3.63, 3.8) is 0 Å². The van der Waals surface area contributed by atoms with E-state index >= 15 is 0 Å². The van der Waals surface area contributed by atoms with Gasteiger partial charge in [-0.3, -0.25) is 0 Å². The van der Waals surface area contributed by atoms with Crippen LogP contribution in [-0.4, -0.2) is 23.1 Å². The minimum absolute atomic E-state index is 0.365. The van der Waals surface area contributed by atoms with Crippen molar-refractivity contribution >= 4 is 45.2 Å². The number of nitrogens with one attached hydrogen (secondary N) is 1. The third-order valence-electron chi connectivity index (χ3n) is 7.93. The standard InChI is InChI=1S/C33H32Cl2N4O3S/c34-26-16-17-29(30(35)19-26)31-21-38(27-10-5-11-28(20-27)39-22-33(40)37-43(39,41)42)32(36-31)18-25-14-12-24(13-15-25)9-4-8-23-6-2-1-3-7-23/h4-5,9-17,19-23,37,40H,1-3,6-8,18H2. The van der Waals surface area contributed by atoms with Crippen molar-refractivity contribution in [2.75, 3.05) is 4.31 Å². The number of allylic oxidation sites excluding steroid dienone is 1. The average molecular weight is 636 g/mol. The normalized spacial score (nSPS) is 16.9. The van der Waals surface area contributed by atoms with E-state index in [-0.39, 0.29) is 0 Å².